The first kappa shape index (κ1) is 9.71. The van der Waals surface area contributed by atoms with Gasteiger partial charge in [0.05, 0.1) is 12.2 Å². The van der Waals surface area contributed by atoms with Crippen molar-refractivity contribution < 1.29 is 19.4 Å². The number of carbonyl (C=O) groups is 2. The minimum absolute atomic E-state index is 0.0567. The van der Waals surface area contributed by atoms with Crippen LogP contribution in [0, 0.1) is 0 Å². The van der Waals surface area contributed by atoms with E-state index >= 15 is 0 Å². The van der Waals surface area contributed by atoms with Crippen molar-refractivity contribution in [3.8, 4) is 11.5 Å². The van der Waals surface area contributed by atoms with E-state index in [0.717, 1.165) is 0 Å². The van der Waals surface area contributed by atoms with Gasteiger partial charge in [-0.25, -0.2) is 0 Å². The molecule has 0 atom stereocenters. The second-order valence-corrected chi connectivity index (χ2v) is 3.41. The fourth-order valence-corrected chi connectivity index (χ4v) is 1.66. The number of Topliss-reactive ketones (excluding diaryl/α,β-unsaturated/α-hetero) is 2. The third-order valence-electron chi connectivity index (χ3n) is 2.36. The zero-order valence-electron chi connectivity index (χ0n) is 8.24. The number of carbonyl (C=O) groups excluding carboxylic acids is 2. The monoisotopic (exact) mass is 206 g/mol. The van der Waals surface area contributed by atoms with Crippen LogP contribution in [0.3, 0.4) is 0 Å². The van der Waals surface area contributed by atoms with E-state index in [0.29, 0.717) is 12.0 Å². The fourth-order valence-electron chi connectivity index (χ4n) is 1.66. The van der Waals surface area contributed by atoms with Crippen molar-refractivity contribution in [1.82, 2.24) is 0 Å². The van der Waals surface area contributed by atoms with Gasteiger partial charge in [-0.05, 0) is 19.1 Å². The van der Waals surface area contributed by atoms with Crippen LogP contribution in [0.25, 0.3) is 0 Å². The molecule has 1 N–H and O–H groups in total. The van der Waals surface area contributed by atoms with E-state index in [2.05, 4.69) is 0 Å². The van der Waals surface area contributed by atoms with Crippen molar-refractivity contribution in [2.24, 2.45) is 0 Å². The Kier molecular flexibility index (Phi) is 2.19. The molecule has 0 saturated heterocycles. The van der Waals surface area contributed by atoms with Gasteiger partial charge in [0.25, 0.3) is 0 Å². The molecule has 0 unspecified atom stereocenters. The Hall–Kier alpha value is -1.84. The summed E-state index contributed by atoms with van der Waals surface area (Å²) in [5, 5.41) is 9.51. The Balaban J connectivity index is 2.68. The molecular formula is C11H10O4. The lowest BCUT2D eigenvalue weighted by molar-refractivity contribution is 0.0930. The molecule has 0 bridgehead atoms. The number of benzene rings is 1. The fraction of sp³-hybridized carbons (Fsp3) is 0.273. The van der Waals surface area contributed by atoms with Crippen LogP contribution in [0.2, 0.25) is 0 Å². The van der Waals surface area contributed by atoms with Crippen molar-refractivity contribution in [1.29, 1.82) is 0 Å². The van der Waals surface area contributed by atoms with Gasteiger partial charge >= 0.3 is 0 Å². The Morgan fingerprint density at radius 1 is 1.47 bits per heavy atom. The molecule has 1 aliphatic rings. The summed E-state index contributed by atoms with van der Waals surface area (Å²) in [6, 6.07) is 2.83. The molecule has 1 aromatic carbocycles. The summed E-state index contributed by atoms with van der Waals surface area (Å²) in [6.45, 7) is 1.59. The highest BCUT2D eigenvalue weighted by Gasteiger charge is 2.25. The molecule has 4 heteroatoms. The number of ketones is 2. The number of aromatic hydroxyl groups is 1. The van der Waals surface area contributed by atoms with E-state index in [-0.39, 0.29) is 35.2 Å². The molecule has 0 spiro atoms. The average molecular weight is 206 g/mol. The van der Waals surface area contributed by atoms with Gasteiger partial charge in [0.15, 0.2) is 11.6 Å². The smallest absolute Gasteiger partial charge is 0.170 e. The number of phenols is 1. The molecule has 0 aliphatic carbocycles. The lowest BCUT2D eigenvalue weighted by Gasteiger charge is -2.19. The van der Waals surface area contributed by atoms with Crippen molar-refractivity contribution >= 4 is 11.6 Å². The number of fused-ring (bicyclic) bond motifs is 1. The Morgan fingerprint density at radius 3 is 2.87 bits per heavy atom. The van der Waals surface area contributed by atoms with Crippen LogP contribution in [0.15, 0.2) is 12.1 Å². The number of hydrogen-bond donors (Lipinski definition) is 1. The molecule has 78 valence electrons. The minimum atomic E-state index is -0.306. The standard InChI is InChI=1S/C11H10O4/c1-6(12)10-9(14)3-2-7-8(13)4-5-15-11(7)10/h2-3,14H,4-5H2,1H3. The predicted molar refractivity (Wildman–Crippen MR) is 52.6 cm³/mol. The Bertz CT molecular complexity index is 448. The molecule has 15 heavy (non-hydrogen) atoms. The molecule has 2 rings (SSSR count). The molecule has 0 amide bonds. The zero-order valence-corrected chi connectivity index (χ0v) is 8.24. The molecule has 0 saturated carbocycles. The van der Waals surface area contributed by atoms with Crippen molar-refractivity contribution in [2.45, 2.75) is 13.3 Å². The first-order valence-electron chi connectivity index (χ1n) is 4.64. The van der Waals surface area contributed by atoms with Gasteiger partial charge in [0.2, 0.25) is 0 Å². The van der Waals surface area contributed by atoms with Crippen molar-refractivity contribution in [3.05, 3.63) is 23.3 Å². The normalized spacial score (nSPS) is 14.3. The van der Waals surface area contributed by atoms with Gasteiger partial charge in [-0.3, -0.25) is 9.59 Å². The lowest BCUT2D eigenvalue weighted by Crippen LogP contribution is -2.17. The summed E-state index contributed by atoms with van der Waals surface area (Å²) in [4.78, 5) is 22.8. The van der Waals surface area contributed by atoms with Crippen LogP contribution in [-0.2, 0) is 0 Å². The highest BCUT2D eigenvalue weighted by atomic mass is 16.5. The lowest BCUT2D eigenvalue weighted by atomic mass is 9.99. The van der Waals surface area contributed by atoms with Crippen molar-refractivity contribution in [2.75, 3.05) is 6.61 Å². The highest BCUT2D eigenvalue weighted by molar-refractivity contribution is 6.07. The molecule has 1 aromatic rings. The Labute approximate surface area is 86.5 Å². The van der Waals surface area contributed by atoms with Gasteiger partial charge in [0, 0.05) is 6.42 Å². The predicted octanol–water partition coefficient (Wildman–Crippen LogP) is 1.56. The number of rotatable bonds is 1. The number of phenolic OH excluding ortho intramolecular Hbond substituents is 1. The largest absolute Gasteiger partial charge is 0.507 e. The summed E-state index contributed by atoms with van der Waals surface area (Å²) >= 11 is 0. The second kappa shape index (κ2) is 3.38. The third-order valence-corrected chi connectivity index (χ3v) is 2.36. The van der Waals surface area contributed by atoms with Gasteiger partial charge in [-0.1, -0.05) is 0 Å². The van der Waals surface area contributed by atoms with Crippen LogP contribution < -0.4 is 4.74 Å². The van der Waals surface area contributed by atoms with Gasteiger partial charge in [0.1, 0.15) is 17.1 Å². The maximum Gasteiger partial charge on any atom is 0.170 e. The zero-order chi connectivity index (χ0) is 11.0. The molecule has 4 nitrogen and oxygen atoms in total. The average Bonchev–Trinajstić information content (AvgIpc) is 2.17. The molecule has 0 fully saturated rings. The summed E-state index contributed by atoms with van der Waals surface area (Å²) in [5.74, 6) is -0.285. The van der Waals surface area contributed by atoms with E-state index in [4.69, 9.17) is 4.74 Å². The van der Waals surface area contributed by atoms with E-state index in [9.17, 15) is 14.7 Å². The molecule has 1 aliphatic heterocycles. The summed E-state index contributed by atoms with van der Waals surface area (Å²) in [6.07, 6.45) is 0.315. The van der Waals surface area contributed by atoms with Crippen molar-refractivity contribution in [3.63, 3.8) is 0 Å². The molecule has 0 aromatic heterocycles. The van der Waals surface area contributed by atoms with Crippen LogP contribution in [0.4, 0.5) is 0 Å². The summed E-state index contributed by atoms with van der Waals surface area (Å²) in [7, 11) is 0. The topological polar surface area (TPSA) is 63.6 Å². The second-order valence-electron chi connectivity index (χ2n) is 3.41. The molecule has 1 heterocycles. The maximum absolute atomic E-state index is 11.5. The van der Waals surface area contributed by atoms with Crippen LogP contribution in [0.1, 0.15) is 34.1 Å². The third kappa shape index (κ3) is 1.48. The SMILES string of the molecule is CC(=O)c1c(O)ccc2c1OCCC2=O. The van der Waals surface area contributed by atoms with Gasteiger partial charge in [-0.15, -0.1) is 0 Å². The van der Waals surface area contributed by atoms with Gasteiger partial charge in [-0.2, -0.15) is 0 Å². The maximum atomic E-state index is 11.5. The summed E-state index contributed by atoms with van der Waals surface area (Å²) in [5.41, 5.74) is 0.477. The van der Waals surface area contributed by atoms with E-state index in [1.165, 1.54) is 19.1 Å². The molecule has 0 radical (unpaired) electrons. The van der Waals surface area contributed by atoms with E-state index in [1.807, 2.05) is 0 Å². The first-order valence-corrected chi connectivity index (χ1v) is 4.64. The van der Waals surface area contributed by atoms with Crippen LogP contribution in [-0.4, -0.2) is 23.3 Å². The minimum Gasteiger partial charge on any atom is -0.507 e. The quantitative estimate of drug-likeness (QED) is 0.708. The highest BCUT2D eigenvalue weighted by Crippen LogP contribution is 2.34. The number of ether oxygens (including phenoxy) is 1. The van der Waals surface area contributed by atoms with Gasteiger partial charge < -0.3 is 9.84 Å². The van der Waals surface area contributed by atoms with E-state index in [1.54, 1.807) is 0 Å². The van der Waals surface area contributed by atoms with Crippen LogP contribution in [0.5, 0.6) is 11.5 Å². The Morgan fingerprint density at radius 2 is 2.20 bits per heavy atom. The molecular weight excluding hydrogens is 196 g/mol. The first-order chi connectivity index (χ1) is 7.11. The van der Waals surface area contributed by atoms with E-state index < -0.39 is 0 Å². The summed E-state index contributed by atoms with van der Waals surface area (Å²) < 4.78 is 5.27. The van der Waals surface area contributed by atoms with Crippen LogP contribution >= 0.6 is 0 Å². The number of hydrogen-bond acceptors (Lipinski definition) is 4.